The van der Waals surface area contributed by atoms with Crippen LogP contribution < -0.4 is 15.4 Å². The highest BCUT2D eigenvalue weighted by atomic mass is 19.4. The minimum absolute atomic E-state index is 0.00739. The molecule has 1 saturated carbocycles. The second-order valence-electron chi connectivity index (χ2n) is 10.1. The summed E-state index contributed by atoms with van der Waals surface area (Å²) in [6.07, 6.45) is 3.73. The summed E-state index contributed by atoms with van der Waals surface area (Å²) >= 11 is 0. The maximum atomic E-state index is 14.0. The normalized spacial score (nSPS) is 23.1. The molecule has 0 bridgehead atoms. The van der Waals surface area contributed by atoms with E-state index in [-0.39, 0.29) is 36.6 Å². The number of benzene rings is 1. The third-order valence-corrected chi connectivity index (χ3v) is 6.56. The first-order chi connectivity index (χ1) is 16.9. The largest absolute Gasteiger partial charge is 0.488 e. The molecule has 1 atom stereocenters. The molecule has 2 heterocycles. The number of ether oxygens (including phenoxy) is 1. The van der Waals surface area contributed by atoms with Crippen LogP contribution in [0.25, 0.3) is 10.9 Å². The van der Waals surface area contributed by atoms with Gasteiger partial charge in [0.15, 0.2) is 0 Å². The van der Waals surface area contributed by atoms with E-state index in [0.29, 0.717) is 10.9 Å². The number of allylic oxidation sites excluding steroid dienone is 3. The molecule has 0 saturated heterocycles. The van der Waals surface area contributed by atoms with Crippen molar-refractivity contribution in [1.82, 2.24) is 9.78 Å². The lowest BCUT2D eigenvalue weighted by Crippen LogP contribution is -2.47. The zero-order valence-electron chi connectivity index (χ0n) is 20.2. The first-order valence-electron chi connectivity index (χ1n) is 11.9. The van der Waals surface area contributed by atoms with Gasteiger partial charge in [0.05, 0.1) is 22.8 Å². The van der Waals surface area contributed by atoms with E-state index in [1.54, 1.807) is 6.20 Å². The first-order valence-corrected chi connectivity index (χ1v) is 11.9. The standard InChI is InChI=1S/C25H31F3N4O4/c1-24(2,35)14-36-21-11-18-16(12-31(30-18)17-8-6-15(13-33)7-9-17)10-20(21)32-19(23(29)34)4-3-5-22(32)25(26,27)28/h3-5,10-12,15,17,19,33,35H,6-9,13-14H2,1-2H3,(H2,29,34). The molecule has 1 aliphatic carbocycles. The number of fused-ring (bicyclic) bond motifs is 1. The highest BCUT2D eigenvalue weighted by Gasteiger charge is 2.43. The number of primary amides is 1. The molecule has 8 nitrogen and oxygen atoms in total. The maximum absolute atomic E-state index is 14.0. The summed E-state index contributed by atoms with van der Waals surface area (Å²) < 4.78 is 49.7. The minimum atomic E-state index is -4.77. The summed E-state index contributed by atoms with van der Waals surface area (Å²) in [7, 11) is 0. The van der Waals surface area contributed by atoms with Crippen LogP contribution in [-0.4, -0.2) is 56.9 Å². The van der Waals surface area contributed by atoms with Crippen molar-refractivity contribution < 1.29 is 32.9 Å². The van der Waals surface area contributed by atoms with Crippen LogP contribution in [0.3, 0.4) is 0 Å². The van der Waals surface area contributed by atoms with Crippen LogP contribution >= 0.6 is 0 Å². The van der Waals surface area contributed by atoms with Crippen molar-refractivity contribution in [2.45, 2.75) is 63.4 Å². The Morgan fingerprint density at radius 1 is 1.22 bits per heavy atom. The molecule has 196 valence electrons. The summed E-state index contributed by atoms with van der Waals surface area (Å²) in [5, 5.41) is 24.8. The summed E-state index contributed by atoms with van der Waals surface area (Å²) in [6.45, 7) is 2.98. The second kappa shape index (κ2) is 9.78. The van der Waals surface area contributed by atoms with Gasteiger partial charge < -0.3 is 25.6 Å². The minimum Gasteiger partial charge on any atom is -0.488 e. The molecule has 0 spiro atoms. The molecule has 4 rings (SSSR count). The van der Waals surface area contributed by atoms with Crippen LogP contribution in [0.15, 0.2) is 42.3 Å². The SMILES string of the molecule is CC(C)(O)COc1cc2nn(C3CCC(CO)CC3)cc2cc1N1C(C(F)(F)F)=CC=CC1C(N)=O. The van der Waals surface area contributed by atoms with Crippen LogP contribution in [0.2, 0.25) is 0 Å². The fraction of sp³-hybridized carbons (Fsp3) is 0.520. The molecule has 1 aliphatic heterocycles. The van der Waals surface area contributed by atoms with Gasteiger partial charge in [-0.15, -0.1) is 0 Å². The van der Waals surface area contributed by atoms with E-state index in [4.69, 9.17) is 10.5 Å². The molecule has 1 unspecified atom stereocenters. The number of halogens is 3. The van der Waals surface area contributed by atoms with Crippen molar-refractivity contribution >= 4 is 22.5 Å². The number of hydrogen-bond donors (Lipinski definition) is 3. The fourth-order valence-electron chi connectivity index (χ4n) is 4.70. The Hall–Kier alpha value is -3.05. The van der Waals surface area contributed by atoms with Crippen molar-refractivity contribution in [3.8, 4) is 5.75 Å². The van der Waals surface area contributed by atoms with E-state index in [1.807, 2.05) is 4.68 Å². The summed E-state index contributed by atoms with van der Waals surface area (Å²) in [6, 6.07) is 1.74. The van der Waals surface area contributed by atoms with Crippen LogP contribution in [-0.2, 0) is 4.79 Å². The lowest BCUT2D eigenvalue weighted by molar-refractivity contribution is -0.119. The second-order valence-corrected chi connectivity index (χ2v) is 10.1. The predicted molar refractivity (Wildman–Crippen MR) is 128 cm³/mol. The number of carbonyl (C=O) groups is 1. The molecule has 1 aromatic heterocycles. The number of anilines is 1. The van der Waals surface area contributed by atoms with Gasteiger partial charge in [-0.25, -0.2) is 0 Å². The van der Waals surface area contributed by atoms with E-state index in [0.717, 1.165) is 42.7 Å². The molecular formula is C25H31F3N4O4. The molecule has 11 heteroatoms. The predicted octanol–water partition coefficient (Wildman–Crippen LogP) is 3.59. The number of nitrogens with zero attached hydrogens (tertiary/aromatic N) is 3. The van der Waals surface area contributed by atoms with Crippen LogP contribution in [0.5, 0.6) is 5.75 Å². The zero-order chi connectivity index (χ0) is 26.3. The number of nitrogens with two attached hydrogens (primary N) is 1. The smallest absolute Gasteiger partial charge is 0.431 e. The number of aliphatic hydroxyl groups is 2. The average molecular weight is 509 g/mol. The van der Waals surface area contributed by atoms with Gasteiger partial charge in [0.2, 0.25) is 5.91 Å². The fourth-order valence-corrected chi connectivity index (χ4v) is 4.70. The average Bonchev–Trinajstić information content (AvgIpc) is 3.23. The molecule has 4 N–H and O–H groups in total. The highest BCUT2D eigenvalue weighted by Crippen LogP contribution is 2.43. The third kappa shape index (κ3) is 5.52. The van der Waals surface area contributed by atoms with Crippen molar-refractivity contribution in [3.63, 3.8) is 0 Å². The van der Waals surface area contributed by atoms with Crippen LogP contribution in [0.4, 0.5) is 18.9 Å². The Morgan fingerprint density at radius 3 is 2.50 bits per heavy atom. The topological polar surface area (TPSA) is 114 Å². The first kappa shape index (κ1) is 26.0. The molecule has 36 heavy (non-hydrogen) atoms. The van der Waals surface area contributed by atoms with Gasteiger partial charge in [-0.3, -0.25) is 9.48 Å². The maximum Gasteiger partial charge on any atom is 0.431 e. The molecule has 0 radical (unpaired) electrons. The molecular weight excluding hydrogens is 477 g/mol. The van der Waals surface area contributed by atoms with E-state index < -0.39 is 29.4 Å². The van der Waals surface area contributed by atoms with Crippen LogP contribution in [0, 0.1) is 5.92 Å². The number of aromatic nitrogens is 2. The van der Waals surface area contributed by atoms with Gasteiger partial charge >= 0.3 is 6.18 Å². The van der Waals surface area contributed by atoms with Crippen molar-refractivity contribution in [2.75, 3.05) is 18.1 Å². The Morgan fingerprint density at radius 2 is 1.92 bits per heavy atom. The van der Waals surface area contributed by atoms with Gasteiger partial charge in [0.25, 0.3) is 0 Å². The Balaban J connectivity index is 1.81. The van der Waals surface area contributed by atoms with Gasteiger partial charge in [-0.1, -0.05) is 12.2 Å². The van der Waals surface area contributed by atoms with E-state index in [2.05, 4.69) is 5.10 Å². The molecule has 2 aromatic rings. The van der Waals surface area contributed by atoms with E-state index >= 15 is 0 Å². The summed E-state index contributed by atoms with van der Waals surface area (Å²) in [5.41, 5.74) is 3.67. The monoisotopic (exact) mass is 508 g/mol. The van der Waals surface area contributed by atoms with Crippen molar-refractivity contribution in [2.24, 2.45) is 11.7 Å². The molecule has 1 fully saturated rings. The van der Waals surface area contributed by atoms with Crippen LogP contribution in [0.1, 0.15) is 45.6 Å². The number of amides is 1. The van der Waals surface area contributed by atoms with Gasteiger partial charge in [0.1, 0.15) is 24.1 Å². The summed E-state index contributed by atoms with van der Waals surface area (Å²) in [4.78, 5) is 13.0. The number of rotatable bonds is 7. The number of aliphatic hydroxyl groups excluding tert-OH is 1. The molecule has 2 aliphatic rings. The zero-order valence-corrected chi connectivity index (χ0v) is 20.2. The Kier molecular flexibility index (Phi) is 7.07. The van der Waals surface area contributed by atoms with Gasteiger partial charge in [-0.2, -0.15) is 18.3 Å². The Labute approximate surface area is 206 Å². The lowest BCUT2D eigenvalue weighted by Gasteiger charge is -2.36. The van der Waals surface area contributed by atoms with E-state index in [1.165, 1.54) is 32.1 Å². The lowest BCUT2D eigenvalue weighted by atomic mass is 9.87. The Bertz CT molecular complexity index is 1170. The highest BCUT2D eigenvalue weighted by molar-refractivity contribution is 5.92. The number of hydrogen-bond acceptors (Lipinski definition) is 6. The van der Waals surface area contributed by atoms with Crippen molar-refractivity contribution in [3.05, 3.63) is 42.3 Å². The number of alkyl halides is 3. The van der Waals surface area contributed by atoms with Gasteiger partial charge in [-0.05, 0) is 57.6 Å². The third-order valence-electron chi connectivity index (χ3n) is 6.56. The quantitative estimate of drug-likeness (QED) is 0.527. The molecule has 1 amide bonds. The van der Waals surface area contributed by atoms with Crippen molar-refractivity contribution in [1.29, 1.82) is 0 Å². The number of carbonyl (C=O) groups excluding carboxylic acids is 1. The molecule has 1 aromatic carbocycles. The van der Waals surface area contributed by atoms with E-state index in [9.17, 15) is 28.2 Å². The summed E-state index contributed by atoms with van der Waals surface area (Å²) in [5.74, 6) is -0.647. The van der Waals surface area contributed by atoms with Gasteiger partial charge in [0, 0.05) is 24.3 Å².